The van der Waals surface area contributed by atoms with E-state index in [0.717, 1.165) is 6.29 Å². The molecule has 0 radical (unpaired) electrons. The van der Waals surface area contributed by atoms with Gasteiger partial charge in [-0.05, 0) is 35.4 Å². The van der Waals surface area contributed by atoms with Crippen LogP contribution in [0.25, 0.3) is 0 Å². The molecule has 0 spiro atoms. The van der Waals surface area contributed by atoms with Crippen molar-refractivity contribution < 1.29 is 47.5 Å². The predicted octanol–water partition coefficient (Wildman–Crippen LogP) is 3.19. The molecule has 4 atom stereocenters. The summed E-state index contributed by atoms with van der Waals surface area (Å²) >= 11 is 0. The summed E-state index contributed by atoms with van der Waals surface area (Å²) in [7, 11) is 4.51. The van der Waals surface area contributed by atoms with Gasteiger partial charge in [-0.3, -0.25) is 9.59 Å². The fourth-order valence-electron chi connectivity index (χ4n) is 4.98. The lowest BCUT2D eigenvalue weighted by atomic mass is 9.65. The predicted molar refractivity (Wildman–Crippen MR) is 125 cm³/mol. The van der Waals surface area contributed by atoms with E-state index in [1.807, 2.05) is 0 Å². The van der Waals surface area contributed by atoms with Crippen LogP contribution in [0.4, 0.5) is 0 Å². The Labute approximate surface area is 208 Å². The van der Waals surface area contributed by atoms with Crippen LogP contribution in [-0.2, 0) is 23.9 Å². The Morgan fingerprint density at radius 2 is 1.53 bits per heavy atom. The first kappa shape index (κ1) is 25.2. The maximum Gasteiger partial charge on any atom is 0.303 e. The molecule has 36 heavy (non-hydrogen) atoms. The first-order valence-corrected chi connectivity index (χ1v) is 11.3. The molecule has 10 heteroatoms. The summed E-state index contributed by atoms with van der Waals surface area (Å²) in [6.07, 6.45) is -0.0636. The van der Waals surface area contributed by atoms with Crippen molar-refractivity contribution in [3.63, 3.8) is 0 Å². The molecule has 0 saturated heterocycles. The second kappa shape index (κ2) is 10.3. The van der Waals surface area contributed by atoms with Gasteiger partial charge in [-0.2, -0.15) is 0 Å². The third kappa shape index (κ3) is 4.50. The number of ether oxygens (including phenoxy) is 7. The van der Waals surface area contributed by atoms with E-state index in [-0.39, 0.29) is 13.4 Å². The topological polar surface area (TPSA) is 116 Å². The average molecular weight is 501 g/mol. The van der Waals surface area contributed by atoms with Crippen LogP contribution >= 0.6 is 0 Å². The molecular formula is C26H28O10. The molecule has 10 nitrogen and oxygen atoms in total. The summed E-state index contributed by atoms with van der Waals surface area (Å²) < 4.78 is 38.8. The molecule has 1 aliphatic heterocycles. The van der Waals surface area contributed by atoms with E-state index in [0.29, 0.717) is 45.4 Å². The van der Waals surface area contributed by atoms with Gasteiger partial charge in [0.2, 0.25) is 12.5 Å². The van der Waals surface area contributed by atoms with E-state index < -0.39 is 35.8 Å². The number of hydrogen-bond acceptors (Lipinski definition) is 10. The number of carbonyl (C=O) groups is 3. The van der Waals surface area contributed by atoms with Gasteiger partial charge < -0.3 is 38.0 Å². The summed E-state index contributed by atoms with van der Waals surface area (Å²) in [5, 5.41) is 0. The van der Waals surface area contributed by atoms with Crippen molar-refractivity contribution in [3.05, 3.63) is 41.0 Å². The zero-order valence-electron chi connectivity index (χ0n) is 20.7. The van der Waals surface area contributed by atoms with Gasteiger partial charge in [-0.25, -0.2) is 0 Å². The zero-order chi connectivity index (χ0) is 26.0. The van der Waals surface area contributed by atoms with Crippen molar-refractivity contribution in [1.29, 1.82) is 0 Å². The van der Waals surface area contributed by atoms with Crippen LogP contribution in [0.5, 0.6) is 28.7 Å². The lowest BCUT2D eigenvalue weighted by molar-refractivity contribution is -0.158. The molecule has 1 aliphatic carbocycles. The highest BCUT2D eigenvalue weighted by atomic mass is 16.7. The molecule has 0 aromatic heterocycles. The van der Waals surface area contributed by atoms with Crippen LogP contribution in [0.15, 0.2) is 24.3 Å². The minimum atomic E-state index is -0.861. The fourth-order valence-corrected chi connectivity index (χ4v) is 4.98. The number of fused-ring (bicyclic) bond motifs is 2. The van der Waals surface area contributed by atoms with E-state index in [2.05, 4.69) is 0 Å². The lowest BCUT2D eigenvalue weighted by Crippen LogP contribution is -2.39. The number of aldehydes is 1. The summed E-state index contributed by atoms with van der Waals surface area (Å²) in [6, 6.07) is 7.08. The molecule has 2 aromatic rings. The van der Waals surface area contributed by atoms with Crippen LogP contribution in [-0.4, -0.2) is 53.0 Å². The van der Waals surface area contributed by atoms with E-state index in [1.54, 1.807) is 24.3 Å². The molecule has 2 aromatic carbocycles. The molecule has 4 rings (SSSR count). The Morgan fingerprint density at radius 1 is 0.917 bits per heavy atom. The third-order valence-corrected chi connectivity index (χ3v) is 6.46. The largest absolute Gasteiger partial charge is 0.493 e. The Hall–Kier alpha value is -3.95. The Morgan fingerprint density at radius 3 is 2.03 bits per heavy atom. The highest BCUT2D eigenvalue weighted by Gasteiger charge is 2.47. The van der Waals surface area contributed by atoms with E-state index in [4.69, 9.17) is 33.2 Å². The van der Waals surface area contributed by atoms with E-state index >= 15 is 0 Å². The zero-order valence-corrected chi connectivity index (χ0v) is 20.7. The molecule has 0 unspecified atom stereocenters. The van der Waals surface area contributed by atoms with Crippen molar-refractivity contribution >= 4 is 18.2 Å². The molecule has 0 saturated carbocycles. The smallest absolute Gasteiger partial charge is 0.303 e. The van der Waals surface area contributed by atoms with E-state index in [1.165, 1.54) is 35.2 Å². The van der Waals surface area contributed by atoms with Crippen LogP contribution in [0.1, 0.15) is 42.6 Å². The minimum absolute atomic E-state index is 0.0410. The number of hydrogen-bond donors (Lipinski definition) is 0. The van der Waals surface area contributed by atoms with Gasteiger partial charge in [0.25, 0.3) is 0 Å². The van der Waals surface area contributed by atoms with Crippen LogP contribution in [0.3, 0.4) is 0 Å². The van der Waals surface area contributed by atoms with Gasteiger partial charge in [0.1, 0.15) is 12.4 Å². The van der Waals surface area contributed by atoms with E-state index in [9.17, 15) is 14.4 Å². The molecule has 0 bridgehead atoms. The number of rotatable bonds is 8. The number of esters is 2. The third-order valence-electron chi connectivity index (χ3n) is 6.46. The fraction of sp³-hybridized carbons (Fsp3) is 0.423. The molecular weight excluding hydrogens is 472 g/mol. The normalized spacial score (nSPS) is 21.7. The first-order chi connectivity index (χ1) is 17.3. The van der Waals surface area contributed by atoms with Crippen molar-refractivity contribution in [3.8, 4) is 28.7 Å². The summed E-state index contributed by atoms with van der Waals surface area (Å²) in [5.74, 6) is -0.780. The Balaban J connectivity index is 1.97. The number of benzene rings is 2. The quantitative estimate of drug-likeness (QED) is 0.395. The van der Waals surface area contributed by atoms with Gasteiger partial charge >= 0.3 is 11.9 Å². The van der Waals surface area contributed by atoms with Gasteiger partial charge in [0.15, 0.2) is 23.0 Å². The second-order valence-electron chi connectivity index (χ2n) is 8.48. The molecule has 1 heterocycles. The van der Waals surface area contributed by atoms with Crippen molar-refractivity contribution in [2.24, 2.45) is 11.8 Å². The van der Waals surface area contributed by atoms with Crippen molar-refractivity contribution in [1.82, 2.24) is 0 Å². The Kier molecular flexibility index (Phi) is 7.23. The van der Waals surface area contributed by atoms with Crippen LogP contribution in [0, 0.1) is 11.8 Å². The van der Waals surface area contributed by atoms with Crippen molar-refractivity contribution in [2.75, 3.05) is 34.7 Å². The summed E-state index contributed by atoms with van der Waals surface area (Å²) in [5.41, 5.74) is 2.02. The van der Waals surface area contributed by atoms with Gasteiger partial charge in [-0.15, -0.1) is 0 Å². The number of carbonyl (C=O) groups excluding carboxylic acids is 3. The SMILES string of the molecule is COc1cc([C@@H]2c3cc4c(cc3[C@@H](OC(C)=O)[C@@H](COC(C)=O)[C@H]2C=O)OCO4)cc(OC)c1OC. The second-order valence-corrected chi connectivity index (χ2v) is 8.48. The van der Waals surface area contributed by atoms with Crippen LogP contribution < -0.4 is 23.7 Å². The maximum atomic E-state index is 12.7. The highest BCUT2D eigenvalue weighted by molar-refractivity contribution is 5.70. The summed E-state index contributed by atoms with van der Waals surface area (Å²) in [6.45, 7) is 2.48. The van der Waals surface area contributed by atoms with Crippen molar-refractivity contribution in [2.45, 2.75) is 25.9 Å². The highest BCUT2D eigenvalue weighted by Crippen LogP contribution is 2.54. The standard InChI is InChI=1S/C26H28O10/c1-13(28)33-11-19-18(10-27)24(15-6-22(30-3)26(32-5)23(7-15)31-4)16-8-20-21(35-12-34-20)9-17(16)25(19)36-14(2)29/h6-10,18-19,24-25H,11-12H2,1-5H3/t18-,19+,24-,25-/m1/s1. The minimum Gasteiger partial charge on any atom is -0.493 e. The first-order valence-electron chi connectivity index (χ1n) is 11.3. The number of methoxy groups -OCH3 is 3. The van der Waals surface area contributed by atoms with Gasteiger partial charge in [-0.1, -0.05) is 0 Å². The molecule has 0 amide bonds. The Bertz CT molecular complexity index is 1150. The molecule has 0 fully saturated rings. The molecule has 0 N–H and O–H groups in total. The van der Waals surface area contributed by atoms with Crippen LogP contribution in [0.2, 0.25) is 0 Å². The molecule has 2 aliphatic rings. The lowest BCUT2D eigenvalue weighted by Gasteiger charge is -2.41. The maximum absolute atomic E-state index is 12.7. The summed E-state index contributed by atoms with van der Waals surface area (Å²) in [4.78, 5) is 36.5. The average Bonchev–Trinajstić information content (AvgIpc) is 3.32. The molecule has 192 valence electrons. The monoisotopic (exact) mass is 500 g/mol. The van der Waals surface area contributed by atoms with Gasteiger partial charge in [0, 0.05) is 37.2 Å². The van der Waals surface area contributed by atoms with Gasteiger partial charge in [0.05, 0.1) is 27.9 Å².